The molecule has 1 fully saturated rings. The van der Waals surface area contributed by atoms with Gasteiger partial charge in [0.1, 0.15) is 11.8 Å². The van der Waals surface area contributed by atoms with Crippen molar-refractivity contribution in [3.05, 3.63) is 64.7 Å². The molecule has 3 atom stereocenters. The lowest BCUT2D eigenvalue weighted by Gasteiger charge is -2.34. The van der Waals surface area contributed by atoms with Crippen LogP contribution in [0, 0.1) is 19.3 Å². The van der Waals surface area contributed by atoms with Crippen LogP contribution >= 0.6 is 0 Å². The highest BCUT2D eigenvalue weighted by molar-refractivity contribution is 5.97. The van der Waals surface area contributed by atoms with E-state index in [0.29, 0.717) is 21.6 Å². The van der Waals surface area contributed by atoms with Gasteiger partial charge in [0.2, 0.25) is 5.91 Å². The van der Waals surface area contributed by atoms with Crippen LogP contribution in [0.3, 0.4) is 0 Å². The number of likely N-dealkylation sites (tertiary alicyclic amines) is 1. The van der Waals surface area contributed by atoms with Crippen LogP contribution in [-0.4, -0.2) is 70.0 Å². The van der Waals surface area contributed by atoms with Gasteiger partial charge >= 0.3 is 0 Å². The number of hydrogen-bond donors (Lipinski definition) is 4. The molecule has 1 heterocycles. The fraction of sp³-hybridized carbons (Fsp3) is 0.464. The summed E-state index contributed by atoms with van der Waals surface area (Å²) >= 11 is 0. The number of carbonyl (C=O) groups excluding carboxylic acids is 3. The first-order valence-electron chi connectivity index (χ1n) is 12.5. The van der Waals surface area contributed by atoms with Crippen molar-refractivity contribution in [2.45, 2.75) is 65.1 Å². The number of nitrogens with one attached hydrogen (secondary N) is 2. The Bertz CT molecular complexity index is 1200. The van der Waals surface area contributed by atoms with Gasteiger partial charge < -0.3 is 25.7 Å². The lowest BCUT2D eigenvalue weighted by Crippen LogP contribution is -2.57. The predicted molar refractivity (Wildman–Crippen MR) is 138 cm³/mol. The molecule has 3 rings (SSSR count). The number of alkyl halides is 2. The molecule has 38 heavy (non-hydrogen) atoms. The number of aryl methyl sites for hydroxylation is 1. The maximum Gasteiger partial charge on any atom is 0.272 e. The number of carbonyl (C=O) groups is 3. The van der Waals surface area contributed by atoms with Gasteiger partial charge in [-0.05, 0) is 50.5 Å². The van der Waals surface area contributed by atoms with Gasteiger partial charge in [-0.3, -0.25) is 14.4 Å². The zero-order chi connectivity index (χ0) is 28.4. The maximum atomic E-state index is 15.0. The summed E-state index contributed by atoms with van der Waals surface area (Å²) in [6, 6.07) is 9.09. The molecule has 1 aliphatic rings. The second-order valence-electron chi connectivity index (χ2n) is 10.4. The van der Waals surface area contributed by atoms with E-state index in [9.17, 15) is 33.4 Å². The molecule has 0 radical (unpaired) electrons. The highest BCUT2D eigenvalue weighted by atomic mass is 19.3. The van der Waals surface area contributed by atoms with Gasteiger partial charge in [-0.2, -0.15) is 0 Å². The second-order valence-corrected chi connectivity index (χ2v) is 10.4. The first kappa shape index (κ1) is 29.0. The van der Waals surface area contributed by atoms with E-state index in [4.69, 9.17) is 0 Å². The average Bonchev–Trinajstić information content (AvgIpc) is 3.04. The Morgan fingerprint density at radius 3 is 2.37 bits per heavy atom. The molecule has 1 aliphatic heterocycles. The number of aliphatic hydroxyl groups excluding tert-OH is 1. The molecule has 0 aromatic heterocycles. The summed E-state index contributed by atoms with van der Waals surface area (Å²) in [5, 5.41) is 26.5. The third kappa shape index (κ3) is 5.65. The molecule has 0 saturated carbocycles. The summed E-state index contributed by atoms with van der Waals surface area (Å²) in [5.41, 5.74) is -0.129. The van der Waals surface area contributed by atoms with E-state index < -0.39 is 53.8 Å². The topological polar surface area (TPSA) is 119 Å². The van der Waals surface area contributed by atoms with Crippen molar-refractivity contribution >= 4 is 17.7 Å². The first-order chi connectivity index (χ1) is 17.7. The summed E-state index contributed by atoms with van der Waals surface area (Å²) in [4.78, 5) is 40.3. The van der Waals surface area contributed by atoms with E-state index in [1.807, 2.05) is 0 Å². The normalized spacial score (nSPS) is 19.5. The van der Waals surface area contributed by atoms with Crippen LogP contribution in [0.5, 0.6) is 5.75 Å². The van der Waals surface area contributed by atoms with Crippen molar-refractivity contribution in [3.8, 4) is 5.75 Å². The Kier molecular flexibility index (Phi) is 8.45. The van der Waals surface area contributed by atoms with Crippen molar-refractivity contribution in [2.24, 2.45) is 5.41 Å². The van der Waals surface area contributed by atoms with Gasteiger partial charge in [0.15, 0.2) is 6.10 Å². The Morgan fingerprint density at radius 2 is 1.76 bits per heavy atom. The summed E-state index contributed by atoms with van der Waals surface area (Å²) < 4.78 is 30.0. The highest BCUT2D eigenvalue weighted by Crippen LogP contribution is 2.48. The van der Waals surface area contributed by atoms with Crippen LogP contribution in [-0.2, 0) is 16.0 Å². The molecule has 10 heteroatoms. The van der Waals surface area contributed by atoms with Crippen molar-refractivity contribution < 1.29 is 33.4 Å². The van der Waals surface area contributed by atoms with Gasteiger partial charge in [0, 0.05) is 17.7 Å². The lowest BCUT2D eigenvalue weighted by molar-refractivity contribution is -0.148. The summed E-state index contributed by atoms with van der Waals surface area (Å²) in [5.74, 6) is -5.97. The van der Waals surface area contributed by atoms with E-state index in [-0.39, 0.29) is 24.3 Å². The van der Waals surface area contributed by atoms with Crippen LogP contribution in [0.2, 0.25) is 0 Å². The summed E-state index contributed by atoms with van der Waals surface area (Å²) in [7, 11) is 0. The van der Waals surface area contributed by atoms with Crippen LogP contribution < -0.4 is 10.6 Å². The van der Waals surface area contributed by atoms with Gasteiger partial charge in [0.05, 0.1) is 18.0 Å². The van der Waals surface area contributed by atoms with Crippen LogP contribution in [0.1, 0.15) is 47.8 Å². The average molecular weight is 532 g/mol. The van der Waals surface area contributed by atoms with E-state index in [0.717, 1.165) is 0 Å². The standard InChI is InChI=1S/C28H35F2N3O5/c1-6-31-25(37)23-27(4,5)28(29,30)15-33(23)26(38)22(35)20(14-18-10-8-7-9-11-18)32-24(36)19-12-16(2)13-21(34)17(19)3/h7-13,20,22-23,34-35H,6,14-15H2,1-5H3,(H,31,37)(H,32,36)/t20-,22-,23?/m0/s1. The predicted octanol–water partition coefficient (Wildman–Crippen LogP) is 2.72. The van der Waals surface area contributed by atoms with Gasteiger partial charge in [-0.1, -0.05) is 44.2 Å². The number of aromatic hydroxyl groups is 1. The largest absolute Gasteiger partial charge is 0.508 e. The van der Waals surface area contributed by atoms with E-state index in [1.54, 1.807) is 57.2 Å². The Balaban J connectivity index is 1.96. The Morgan fingerprint density at radius 1 is 1.13 bits per heavy atom. The molecule has 8 nitrogen and oxygen atoms in total. The highest BCUT2D eigenvalue weighted by Gasteiger charge is 2.64. The van der Waals surface area contributed by atoms with Crippen molar-refractivity contribution in [3.63, 3.8) is 0 Å². The Hall–Kier alpha value is -3.53. The molecular formula is C28H35F2N3O5. The van der Waals surface area contributed by atoms with E-state index >= 15 is 0 Å². The molecule has 0 aliphatic carbocycles. The number of rotatable bonds is 8. The first-order valence-corrected chi connectivity index (χ1v) is 12.5. The molecule has 0 bridgehead atoms. The smallest absolute Gasteiger partial charge is 0.272 e. The second kappa shape index (κ2) is 11.1. The monoisotopic (exact) mass is 531 g/mol. The number of likely N-dealkylation sites (N-methyl/N-ethyl adjacent to an activating group) is 1. The zero-order valence-electron chi connectivity index (χ0n) is 22.2. The minimum atomic E-state index is -3.40. The molecule has 4 N–H and O–H groups in total. The zero-order valence-corrected chi connectivity index (χ0v) is 22.2. The summed E-state index contributed by atoms with van der Waals surface area (Å²) in [6.45, 7) is 6.45. The lowest BCUT2D eigenvalue weighted by atomic mass is 9.81. The molecule has 1 unspecified atom stereocenters. The molecule has 206 valence electrons. The molecule has 1 saturated heterocycles. The van der Waals surface area contributed by atoms with E-state index in [1.165, 1.54) is 19.9 Å². The van der Waals surface area contributed by atoms with Gasteiger partial charge in [-0.15, -0.1) is 0 Å². The summed E-state index contributed by atoms with van der Waals surface area (Å²) in [6.07, 6.45) is -1.92. The molecule has 2 aromatic rings. The molecule has 0 spiro atoms. The van der Waals surface area contributed by atoms with Crippen molar-refractivity contribution in [2.75, 3.05) is 13.1 Å². The van der Waals surface area contributed by atoms with Gasteiger partial charge in [0.25, 0.3) is 17.7 Å². The fourth-order valence-corrected chi connectivity index (χ4v) is 4.82. The number of aliphatic hydroxyl groups is 1. The van der Waals surface area contributed by atoms with Crippen LogP contribution in [0.4, 0.5) is 8.78 Å². The van der Waals surface area contributed by atoms with Crippen LogP contribution in [0.25, 0.3) is 0 Å². The molecular weight excluding hydrogens is 496 g/mol. The minimum Gasteiger partial charge on any atom is -0.508 e. The van der Waals surface area contributed by atoms with Gasteiger partial charge in [-0.25, -0.2) is 8.78 Å². The third-order valence-corrected chi connectivity index (χ3v) is 7.21. The molecule has 3 amide bonds. The quantitative estimate of drug-likeness (QED) is 0.418. The number of nitrogens with zero attached hydrogens (tertiary/aromatic N) is 1. The van der Waals surface area contributed by atoms with Crippen molar-refractivity contribution in [1.29, 1.82) is 0 Å². The third-order valence-electron chi connectivity index (χ3n) is 7.21. The van der Waals surface area contributed by atoms with Crippen molar-refractivity contribution in [1.82, 2.24) is 15.5 Å². The Labute approximate surface area is 221 Å². The fourth-order valence-electron chi connectivity index (χ4n) is 4.82. The number of phenolic OH excluding ortho intramolecular Hbond substituents is 1. The SMILES string of the molecule is CCNC(=O)C1N(C(=O)[C@@H](O)[C@H](Cc2ccccc2)NC(=O)c2cc(C)cc(O)c2C)CC(F)(F)C1(C)C. The maximum absolute atomic E-state index is 15.0. The van der Waals surface area contributed by atoms with E-state index in [2.05, 4.69) is 10.6 Å². The van der Waals surface area contributed by atoms with Crippen LogP contribution in [0.15, 0.2) is 42.5 Å². The number of halogens is 2. The molecule has 2 aromatic carbocycles. The number of hydrogen-bond acceptors (Lipinski definition) is 5. The number of amides is 3. The minimum absolute atomic E-state index is 0.00970. The number of phenols is 1. The number of benzene rings is 2.